The molecular weight excluding hydrogens is 266 g/mol. The number of amides is 1. The second-order valence-electron chi connectivity index (χ2n) is 5.95. The van der Waals surface area contributed by atoms with E-state index in [1.807, 2.05) is 13.1 Å². The molecule has 0 spiro atoms. The third-order valence-corrected chi connectivity index (χ3v) is 3.64. The molecule has 5 heteroatoms. The van der Waals surface area contributed by atoms with Crippen molar-refractivity contribution in [3.8, 4) is 0 Å². The summed E-state index contributed by atoms with van der Waals surface area (Å²) in [7, 11) is 0. The summed E-state index contributed by atoms with van der Waals surface area (Å²) in [6.07, 6.45) is 4.26. The van der Waals surface area contributed by atoms with Gasteiger partial charge in [0.25, 0.3) is 5.91 Å². The summed E-state index contributed by atoms with van der Waals surface area (Å²) in [5.41, 5.74) is 2.85. The molecule has 0 saturated heterocycles. The molecule has 0 aromatic carbocycles. The van der Waals surface area contributed by atoms with Crippen molar-refractivity contribution in [1.82, 2.24) is 14.9 Å². The van der Waals surface area contributed by atoms with Gasteiger partial charge in [0, 0.05) is 30.3 Å². The average Bonchev–Trinajstić information content (AvgIpc) is 3.02. The number of hydrogen-bond acceptors (Lipinski definition) is 4. The Balaban J connectivity index is 1.78. The van der Waals surface area contributed by atoms with Crippen molar-refractivity contribution in [1.29, 1.82) is 0 Å². The molecule has 21 heavy (non-hydrogen) atoms. The van der Waals surface area contributed by atoms with Crippen LogP contribution in [0.3, 0.4) is 0 Å². The molecular formula is C16H19N3O2. The maximum absolute atomic E-state index is 12.4. The number of aromatic nitrogens is 2. The van der Waals surface area contributed by atoms with Crippen molar-refractivity contribution in [3.05, 3.63) is 46.9 Å². The molecule has 0 atom stereocenters. The molecule has 1 amide bonds. The molecule has 5 nitrogen and oxygen atoms in total. The van der Waals surface area contributed by atoms with E-state index in [-0.39, 0.29) is 5.91 Å². The van der Waals surface area contributed by atoms with Crippen LogP contribution in [0.15, 0.2) is 22.9 Å². The van der Waals surface area contributed by atoms with Gasteiger partial charge in [0.05, 0.1) is 18.5 Å². The van der Waals surface area contributed by atoms with Crippen molar-refractivity contribution in [2.45, 2.75) is 40.3 Å². The van der Waals surface area contributed by atoms with Crippen LogP contribution in [0.2, 0.25) is 0 Å². The van der Waals surface area contributed by atoms with Crippen LogP contribution in [0.5, 0.6) is 0 Å². The van der Waals surface area contributed by atoms with E-state index in [1.54, 1.807) is 17.2 Å². The number of carbonyl (C=O) groups excluding carboxylic acids is 1. The molecule has 1 aliphatic heterocycles. The largest absolute Gasteiger partial charge is 0.459 e. The van der Waals surface area contributed by atoms with Gasteiger partial charge in [0.1, 0.15) is 5.82 Å². The monoisotopic (exact) mass is 285 g/mol. The van der Waals surface area contributed by atoms with Gasteiger partial charge in [-0.2, -0.15) is 0 Å². The summed E-state index contributed by atoms with van der Waals surface area (Å²) < 4.78 is 5.29. The standard InChI is InChI=1S/C16H19N3O2/c1-10(2)6-14-17-7-12-8-19(9-13(12)18-14)16(20)15-11(3)4-5-21-15/h4-5,7,10H,6,8-9H2,1-3H3. The van der Waals surface area contributed by atoms with Crippen LogP contribution in [-0.2, 0) is 19.5 Å². The van der Waals surface area contributed by atoms with E-state index in [4.69, 9.17) is 4.42 Å². The Morgan fingerprint density at radius 2 is 2.24 bits per heavy atom. The number of hydrogen-bond donors (Lipinski definition) is 0. The molecule has 110 valence electrons. The van der Waals surface area contributed by atoms with Gasteiger partial charge in [-0.05, 0) is 18.9 Å². The third kappa shape index (κ3) is 2.68. The number of rotatable bonds is 3. The first-order valence-corrected chi connectivity index (χ1v) is 7.21. The zero-order valence-corrected chi connectivity index (χ0v) is 12.6. The van der Waals surface area contributed by atoms with Crippen molar-refractivity contribution in [2.24, 2.45) is 5.92 Å². The van der Waals surface area contributed by atoms with Gasteiger partial charge in [-0.25, -0.2) is 9.97 Å². The van der Waals surface area contributed by atoms with Crippen molar-refractivity contribution in [2.75, 3.05) is 0 Å². The normalized spacial score (nSPS) is 13.8. The number of aryl methyl sites for hydroxylation is 1. The highest BCUT2D eigenvalue weighted by atomic mass is 16.3. The van der Waals surface area contributed by atoms with E-state index in [0.29, 0.717) is 24.8 Å². The first-order chi connectivity index (χ1) is 10.0. The highest BCUT2D eigenvalue weighted by Gasteiger charge is 2.28. The Morgan fingerprint density at radius 1 is 1.43 bits per heavy atom. The SMILES string of the molecule is Cc1ccoc1C(=O)N1Cc2cnc(CC(C)C)nc2C1. The highest BCUT2D eigenvalue weighted by molar-refractivity contribution is 5.93. The van der Waals surface area contributed by atoms with Gasteiger partial charge < -0.3 is 9.32 Å². The van der Waals surface area contributed by atoms with Crippen LogP contribution in [0.4, 0.5) is 0 Å². The molecule has 0 aliphatic carbocycles. The maximum Gasteiger partial charge on any atom is 0.290 e. The molecule has 1 aliphatic rings. The molecule has 0 saturated carbocycles. The lowest BCUT2D eigenvalue weighted by Gasteiger charge is -2.13. The predicted molar refractivity (Wildman–Crippen MR) is 77.6 cm³/mol. The zero-order chi connectivity index (χ0) is 15.0. The first kappa shape index (κ1) is 13.8. The number of fused-ring (bicyclic) bond motifs is 1. The van der Waals surface area contributed by atoms with Crippen LogP contribution in [0.1, 0.15) is 47.0 Å². The van der Waals surface area contributed by atoms with E-state index in [9.17, 15) is 4.79 Å². The lowest BCUT2D eigenvalue weighted by Crippen LogP contribution is -2.25. The smallest absolute Gasteiger partial charge is 0.290 e. The van der Waals surface area contributed by atoms with Gasteiger partial charge in [-0.1, -0.05) is 13.8 Å². The minimum atomic E-state index is -0.0825. The molecule has 3 heterocycles. The summed E-state index contributed by atoms with van der Waals surface area (Å²) >= 11 is 0. The molecule has 3 rings (SSSR count). The fourth-order valence-electron chi connectivity index (χ4n) is 2.54. The summed E-state index contributed by atoms with van der Waals surface area (Å²) in [6, 6.07) is 1.80. The Morgan fingerprint density at radius 3 is 2.90 bits per heavy atom. The van der Waals surface area contributed by atoms with Gasteiger partial charge in [0.2, 0.25) is 0 Å². The lowest BCUT2D eigenvalue weighted by molar-refractivity contribution is 0.0717. The number of furan rings is 1. The molecule has 0 unspecified atom stereocenters. The first-order valence-electron chi connectivity index (χ1n) is 7.21. The molecule has 0 bridgehead atoms. The Labute approximate surface area is 124 Å². The second-order valence-corrected chi connectivity index (χ2v) is 5.95. The maximum atomic E-state index is 12.4. The molecule has 0 N–H and O–H groups in total. The van der Waals surface area contributed by atoms with Crippen molar-refractivity contribution in [3.63, 3.8) is 0 Å². The molecule has 0 fully saturated rings. The Kier molecular flexibility index (Phi) is 3.49. The van der Waals surface area contributed by atoms with Crippen LogP contribution in [0.25, 0.3) is 0 Å². The van der Waals surface area contributed by atoms with E-state index in [2.05, 4.69) is 23.8 Å². The second kappa shape index (κ2) is 5.31. The Bertz CT molecular complexity index is 676. The third-order valence-electron chi connectivity index (χ3n) is 3.64. The van der Waals surface area contributed by atoms with Gasteiger partial charge in [-0.15, -0.1) is 0 Å². The minimum Gasteiger partial charge on any atom is -0.459 e. The average molecular weight is 285 g/mol. The summed E-state index contributed by atoms with van der Waals surface area (Å²) in [5.74, 6) is 1.71. The minimum absolute atomic E-state index is 0.0825. The Hall–Kier alpha value is -2.17. The topological polar surface area (TPSA) is 59.2 Å². The lowest BCUT2D eigenvalue weighted by atomic mass is 10.1. The zero-order valence-electron chi connectivity index (χ0n) is 12.6. The quantitative estimate of drug-likeness (QED) is 0.870. The molecule has 2 aromatic rings. The van der Waals surface area contributed by atoms with Gasteiger partial charge in [0.15, 0.2) is 5.76 Å². The number of nitrogens with zero attached hydrogens (tertiary/aromatic N) is 3. The fourth-order valence-corrected chi connectivity index (χ4v) is 2.54. The van der Waals surface area contributed by atoms with Crippen LogP contribution >= 0.6 is 0 Å². The summed E-state index contributed by atoms with van der Waals surface area (Å²) in [4.78, 5) is 23.2. The van der Waals surface area contributed by atoms with Gasteiger partial charge in [-0.3, -0.25) is 4.79 Å². The van der Waals surface area contributed by atoms with E-state index < -0.39 is 0 Å². The van der Waals surface area contributed by atoms with Crippen molar-refractivity contribution < 1.29 is 9.21 Å². The van der Waals surface area contributed by atoms with E-state index >= 15 is 0 Å². The highest BCUT2D eigenvalue weighted by Crippen LogP contribution is 2.24. The molecule has 2 aromatic heterocycles. The van der Waals surface area contributed by atoms with Gasteiger partial charge >= 0.3 is 0 Å². The van der Waals surface area contributed by atoms with Crippen LogP contribution in [-0.4, -0.2) is 20.8 Å². The van der Waals surface area contributed by atoms with E-state index in [1.165, 1.54) is 0 Å². The summed E-state index contributed by atoms with van der Waals surface area (Å²) in [5, 5.41) is 0. The molecule has 0 radical (unpaired) electrons. The number of carbonyl (C=O) groups is 1. The fraction of sp³-hybridized carbons (Fsp3) is 0.438. The van der Waals surface area contributed by atoms with Crippen LogP contribution < -0.4 is 0 Å². The van der Waals surface area contributed by atoms with Crippen molar-refractivity contribution >= 4 is 5.91 Å². The summed E-state index contributed by atoms with van der Waals surface area (Å²) in [6.45, 7) is 7.25. The van der Waals surface area contributed by atoms with E-state index in [0.717, 1.165) is 29.1 Å². The predicted octanol–water partition coefficient (Wildman–Crippen LogP) is 2.73. The van der Waals surface area contributed by atoms with Crippen LogP contribution in [0, 0.1) is 12.8 Å².